The minimum absolute atomic E-state index is 0.0745. The van der Waals surface area contributed by atoms with Crippen LogP contribution in [0, 0.1) is 10.5 Å². The average molecular weight is 363 g/mol. The molecule has 0 amide bonds. The first-order valence-corrected chi connectivity index (χ1v) is 7.49. The normalized spacial score (nSPS) is 12.7. The topological polar surface area (TPSA) is 0 Å². The van der Waals surface area contributed by atoms with Gasteiger partial charge in [0, 0.05) is 14.9 Å². The highest BCUT2D eigenvalue weighted by Crippen LogP contribution is 2.31. The van der Waals surface area contributed by atoms with E-state index < -0.39 is 0 Å². The van der Waals surface area contributed by atoms with Crippen molar-refractivity contribution in [3.8, 4) is 0 Å². The van der Waals surface area contributed by atoms with Crippen LogP contribution in [0.2, 0.25) is 0 Å². The van der Waals surface area contributed by atoms with E-state index in [1.165, 1.54) is 19.6 Å². The Bertz CT molecular complexity index is 465. The summed E-state index contributed by atoms with van der Waals surface area (Å²) in [6, 6.07) is 10.5. The molecule has 0 fully saturated rings. The summed E-state index contributed by atoms with van der Waals surface area (Å²) in [4.78, 5) is 1.34. The number of halogens is 2. The molecule has 1 unspecified atom stereocenters. The van der Waals surface area contributed by atoms with E-state index in [-0.39, 0.29) is 5.38 Å². The van der Waals surface area contributed by atoms with Gasteiger partial charge < -0.3 is 0 Å². The van der Waals surface area contributed by atoms with Crippen LogP contribution in [0.25, 0.3) is 0 Å². The van der Waals surface area contributed by atoms with Crippen LogP contribution in [0.4, 0.5) is 0 Å². The van der Waals surface area contributed by atoms with Gasteiger partial charge in [-0.15, -0.1) is 22.9 Å². The zero-order chi connectivity index (χ0) is 11.5. The molecule has 0 N–H and O–H groups in total. The summed E-state index contributed by atoms with van der Waals surface area (Å²) in [5.74, 6) is 0. The lowest BCUT2D eigenvalue weighted by Crippen LogP contribution is -1.98. The first kappa shape index (κ1) is 12.4. The molecule has 0 nitrogen and oxygen atoms in total. The van der Waals surface area contributed by atoms with Crippen molar-refractivity contribution in [1.29, 1.82) is 0 Å². The molecule has 2 rings (SSSR count). The highest BCUT2D eigenvalue weighted by Gasteiger charge is 2.13. The van der Waals surface area contributed by atoms with E-state index in [1.807, 2.05) is 0 Å². The number of alkyl halides is 1. The molecule has 0 aliphatic carbocycles. The zero-order valence-corrected chi connectivity index (χ0v) is 12.6. The fraction of sp³-hybridized carbons (Fsp3) is 0.231. The van der Waals surface area contributed by atoms with Crippen LogP contribution in [-0.2, 0) is 6.42 Å². The Morgan fingerprint density at radius 1 is 1.31 bits per heavy atom. The van der Waals surface area contributed by atoms with Crippen LogP contribution in [0.1, 0.15) is 21.4 Å². The molecule has 0 aliphatic rings. The van der Waals surface area contributed by atoms with Crippen molar-refractivity contribution >= 4 is 45.5 Å². The third-order valence-electron chi connectivity index (χ3n) is 2.52. The van der Waals surface area contributed by atoms with Crippen LogP contribution in [0.5, 0.6) is 0 Å². The Morgan fingerprint density at radius 2 is 2.12 bits per heavy atom. The summed E-state index contributed by atoms with van der Waals surface area (Å²) < 4.78 is 1.29. The smallest absolute Gasteiger partial charge is 0.0643 e. The fourth-order valence-electron chi connectivity index (χ4n) is 1.63. The number of hydrogen-bond donors (Lipinski definition) is 0. The maximum atomic E-state index is 6.48. The lowest BCUT2D eigenvalue weighted by atomic mass is 10.1. The molecule has 16 heavy (non-hydrogen) atoms. The van der Waals surface area contributed by atoms with Gasteiger partial charge in [0.2, 0.25) is 0 Å². The maximum Gasteiger partial charge on any atom is 0.0643 e. The summed E-state index contributed by atoms with van der Waals surface area (Å²) in [7, 11) is 0. The van der Waals surface area contributed by atoms with Crippen molar-refractivity contribution < 1.29 is 0 Å². The number of aryl methyl sites for hydroxylation is 1. The molecule has 0 radical (unpaired) electrons. The van der Waals surface area contributed by atoms with E-state index in [0.717, 1.165) is 6.42 Å². The van der Waals surface area contributed by atoms with Gasteiger partial charge in [0.05, 0.1) is 5.38 Å². The van der Waals surface area contributed by atoms with Crippen molar-refractivity contribution in [1.82, 2.24) is 0 Å². The molecule has 0 bridgehead atoms. The second-order valence-electron chi connectivity index (χ2n) is 3.73. The molecule has 2 aromatic rings. The molecular formula is C13H12ClIS. The van der Waals surface area contributed by atoms with Crippen molar-refractivity contribution in [2.24, 2.45) is 0 Å². The summed E-state index contributed by atoms with van der Waals surface area (Å²) >= 11 is 10.6. The van der Waals surface area contributed by atoms with Gasteiger partial charge in [0.1, 0.15) is 0 Å². The largest absolute Gasteiger partial charge is 0.149 e. The summed E-state index contributed by atoms with van der Waals surface area (Å²) in [6.07, 6.45) is 0.915. The Labute approximate surface area is 119 Å². The second kappa shape index (κ2) is 5.52. The Balaban J connectivity index is 2.21. The number of rotatable bonds is 3. The number of hydrogen-bond acceptors (Lipinski definition) is 1. The minimum atomic E-state index is 0.0745. The second-order valence-corrected chi connectivity index (χ2v) is 6.37. The van der Waals surface area contributed by atoms with Crippen molar-refractivity contribution in [2.75, 3.05) is 0 Å². The van der Waals surface area contributed by atoms with Gasteiger partial charge in [0.25, 0.3) is 0 Å². The third-order valence-corrected chi connectivity index (χ3v) is 5.28. The SMILES string of the molecule is Cc1cccc(C(Cl)Cc2cccs2)c1I. The molecule has 0 saturated carbocycles. The Hall–Kier alpha value is -0.0600. The van der Waals surface area contributed by atoms with Gasteiger partial charge in [-0.25, -0.2) is 0 Å². The molecule has 0 saturated heterocycles. The maximum absolute atomic E-state index is 6.48. The van der Waals surface area contributed by atoms with Gasteiger partial charge >= 0.3 is 0 Å². The summed E-state index contributed by atoms with van der Waals surface area (Å²) in [6.45, 7) is 2.13. The highest BCUT2D eigenvalue weighted by molar-refractivity contribution is 14.1. The predicted octanol–water partition coefficient (Wildman–Crippen LogP) is 5.18. The van der Waals surface area contributed by atoms with Gasteiger partial charge in [-0.3, -0.25) is 0 Å². The van der Waals surface area contributed by atoms with Gasteiger partial charge in [-0.1, -0.05) is 24.3 Å². The third kappa shape index (κ3) is 2.79. The quantitative estimate of drug-likeness (QED) is 0.521. The van der Waals surface area contributed by atoms with Gasteiger partial charge in [0.15, 0.2) is 0 Å². The van der Waals surface area contributed by atoms with Crippen molar-refractivity contribution in [3.05, 3.63) is 55.3 Å². The van der Waals surface area contributed by atoms with Crippen LogP contribution < -0.4 is 0 Å². The van der Waals surface area contributed by atoms with Crippen LogP contribution in [0.15, 0.2) is 35.7 Å². The molecule has 1 heterocycles. The summed E-state index contributed by atoms with van der Waals surface area (Å²) in [5, 5.41) is 2.17. The zero-order valence-electron chi connectivity index (χ0n) is 8.91. The molecule has 1 aromatic heterocycles. The Morgan fingerprint density at radius 3 is 2.81 bits per heavy atom. The lowest BCUT2D eigenvalue weighted by Gasteiger charge is -2.12. The van der Waals surface area contributed by atoms with E-state index in [9.17, 15) is 0 Å². The van der Waals surface area contributed by atoms with Gasteiger partial charge in [-0.05, 0) is 52.1 Å². The van der Waals surface area contributed by atoms with E-state index in [1.54, 1.807) is 11.3 Å². The van der Waals surface area contributed by atoms with E-state index in [0.29, 0.717) is 0 Å². The predicted molar refractivity (Wildman–Crippen MR) is 80.5 cm³/mol. The molecule has 0 aliphatic heterocycles. The lowest BCUT2D eigenvalue weighted by molar-refractivity contribution is 0.928. The standard InChI is InChI=1S/C13H12ClIS/c1-9-4-2-6-11(13(9)15)12(14)8-10-5-3-7-16-10/h2-7,12H,8H2,1H3. The first-order chi connectivity index (χ1) is 7.68. The van der Waals surface area contributed by atoms with Crippen LogP contribution >= 0.6 is 45.5 Å². The molecule has 1 aromatic carbocycles. The van der Waals surface area contributed by atoms with Gasteiger partial charge in [-0.2, -0.15) is 0 Å². The fourth-order valence-corrected chi connectivity index (χ4v) is 3.74. The van der Waals surface area contributed by atoms with E-state index in [2.05, 4.69) is 65.2 Å². The molecular weight excluding hydrogens is 351 g/mol. The molecule has 84 valence electrons. The molecule has 3 heteroatoms. The number of benzene rings is 1. The Kier molecular flexibility index (Phi) is 4.27. The summed E-state index contributed by atoms with van der Waals surface area (Å²) in [5.41, 5.74) is 2.55. The minimum Gasteiger partial charge on any atom is -0.149 e. The monoisotopic (exact) mass is 362 g/mol. The van der Waals surface area contributed by atoms with Crippen LogP contribution in [0.3, 0.4) is 0 Å². The van der Waals surface area contributed by atoms with E-state index >= 15 is 0 Å². The number of thiophene rings is 1. The van der Waals surface area contributed by atoms with E-state index in [4.69, 9.17) is 11.6 Å². The van der Waals surface area contributed by atoms with Crippen molar-refractivity contribution in [3.63, 3.8) is 0 Å². The highest BCUT2D eigenvalue weighted by atomic mass is 127. The van der Waals surface area contributed by atoms with Crippen LogP contribution in [-0.4, -0.2) is 0 Å². The molecule has 0 spiro atoms. The first-order valence-electron chi connectivity index (χ1n) is 5.10. The average Bonchev–Trinajstić information content (AvgIpc) is 2.74. The van der Waals surface area contributed by atoms with Crippen molar-refractivity contribution in [2.45, 2.75) is 18.7 Å². The molecule has 1 atom stereocenters.